The summed E-state index contributed by atoms with van der Waals surface area (Å²) in [6.45, 7) is 0.437. The van der Waals surface area contributed by atoms with Crippen LogP contribution in [0.3, 0.4) is 0 Å². The fourth-order valence-electron chi connectivity index (χ4n) is 2.41. The third-order valence-electron chi connectivity index (χ3n) is 3.73. The number of thioether (sulfide) groups is 1. The molecule has 6 nitrogen and oxygen atoms in total. The van der Waals surface area contributed by atoms with Crippen LogP contribution in [0, 0.1) is 5.82 Å². The number of aromatic amines is 1. The minimum absolute atomic E-state index is 0.0107. The molecule has 0 unspecified atom stereocenters. The van der Waals surface area contributed by atoms with Crippen LogP contribution < -0.4 is 11.0 Å². The van der Waals surface area contributed by atoms with Crippen molar-refractivity contribution in [3.63, 3.8) is 0 Å². The molecule has 0 fully saturated rings. The van der Waals surface area contributed by atoms with Gasteiger partial charge in [-0.05, 0) is 30.2 Å². The van der Waals surface area contributed by atoms with Crippen LogP contribution in [-0.4, -0.2) is 26.4 Å². The molecule has 0 radical (unpaired) electrons. The van der Waals surface area contributed by atoms with Gasteiger partial charge in [-0.1, -0.05) is 53.7 Å². The molecular weight excluding hydrogens is 391 g/mol. The van der Waals surface area contributed by atoms with E-state index in [9.17, 15) is 14.0 Å². The van der Waals surface area contributed by atoms with E-state index in [0.29, 0.717) is 23.1 Å². The Morgan fingerprint density at radius 2 is 2.04 bits per heavy atom. The number of nitrogens with one attached hydrogen (secondary N) is 2. The summed E-state index contributed by atoms with van der Waals surface area (Å²) in [6.07, 6.45) is 0.660. The number of H-pyrrole nitrogens is 1. The first-order valence-corrected chi connectivity index (χ1v) is 9.46. The highest BCUT2D eigenvalue weighted by molar-refractivity contribution is 7.99. The second kappa shape index (κ2) is 8.88. The van der Waals surface area contributed by atoms with Crippen molar-refractivity contribution in [2.75, 3.05) is 11.1 Å². The quantitative estimate of drug-likeness (QED) is 0.590. The van der Waals surface area contributed by atoms with Crippen molar-refractivity contribution in [2.24, 2.45) is 0 Å². The van der Waals surface area contributed by atoms with E-state index in [4.69, 9.17) is 11.6 Å². The minimum atomic E-state index is -0.572. The molecule has 140 valence electrons. The Morgan fingerprint density at radius 1 is 1.26 bits per heavy atom. The van der Waals surface area contributed by atoms with Gasteiger partial charge in [-0.25, -0.2) is 14.3 Å². The zero-order chi connectivity index (χ0) is 19.2. The fraction of sp³-hybridized carbons (Fsp3) is 0.167. The zero-order valence-corrected chi connectivity index (χ0v) is 15.7. The SMILES string of the molecule is O=C(CSc1n[nH]c(=O)n1CCc1ccccc1)Nc1cc(Cl)ccc1F. The van der Waals surface area contributed by atoms with Crippen molar-refractivity contribution in [3.05, 3.63) is 75.4 Å². The van der Waals surface area contributed by atoms with Crippen molar-refractivity contribution in [3.8, 4) is 0 Å². The number of carbonyl (C=O) groups excluding carboxylic acids is 1. The summed E-state index contributed by atoms with van der Waals surface area (Å²) >= 11 is 6.90. The van der Waals surface area contributed by atoms with Gasteiger partial charge >= 0.3 is 5.69 Å². The molecule has 9 heteroatoms. The monoisotopic (exact) mass is 406 g/mol. The highest BCUT2D eigenvalue weighted by atomic mass is 35.5. The molecule has 0 saturated heterocycles. The first-order valence-electron chi connectivity index (χ1n) is 8.10. The number of rotatable bonds is 7. The Labute approximate surface area is 163 Å². The molecule has 27 heavy (non-hydrogen) atoms. The first kappa shape index (κ1) is 19.2. The number of amides is 1. The number of hydrogen-bond acceptors (Lipinski definition) is 4. The lowest BCUT2D eigenvalue weighted by Gasteiger charge is -2.08. The van der Waals surface area contributed by atoms with Gasteiger partial charge in [-0.15, -0.1) is 5.10 Å². The van der Waals surface area contributed by atoms with Crippen LogP contribution in [0.15, 0.2) is 58.5 Å². The van der Waals surface area contributed by atoms with Crippen molar-refractivity contribution < 1.29 is 9.18 Å². The van der Waals surface area contributed by atoms with Crippen molar-refractivity contribution >= 4 is 35.0 Å². The van der Waals surface area contributed by atoms with Crippen molar-refractivity contribution in [1.82, 2.24) is 14.8 Å². The normalized spacial score (nSPS) is 10.7. The number of anilines is 1. The summed E-state index contributed by atoms with van der Waals surface area (Å²) in [5, 5.41) is 9.53. The predicted molar refractivity (Wildman–Crippen MR) is 104 cm³/mol. The third kappa shape index (κ3) is 5.21. The van der Waals surface area contributed by atoms with Gasteiger partial charge < -0.3 is 5.32 Å². The number of benzene rings is 2. The van der Waals surface area contributed by atoms with Crippen LogP contribution in [0.25, 0.3) is 0 Å². The van der Waals surface area contributed by atoms with Crippen molar-refractivity contribution in [1.29, 1.82) is 0 Å². The first-order chi connectivity index (χ1) is 13.0. The fourth-order valence-corrected chi connectivity index (χ4v) is 3.35. The van der Waals surface area contributed by atoms with Gasteiger partial charge in [0.25, 0.3) is 0 Å². The standard InChI is InChI=1S/C18H16ClFN4O2S/c19-13-6-7-14(20)15(10-13)21-16(25)11-27-18-23-22-17(26)24(18)9-8-12-4-2-1-3-5-12/h1-7,10H,8-9,11H2,(H,21,25)(H,22,26). The average molecular weight is 407 g/mol. The highest BCUT2D eigenvalue weighted by Gasteiger charge is 2.13. The number of hydrogen-bond donors (Lipinski definition) is 2. The second-order valence-corrected chi connectivity index (χ2v) is 7.04. The lowest BCUT2D eigenvalue weighted by molar-refractivity contribution is -0.113. The molecular formula is C18H16ClFN4O2S. The molecule has 0 aliphatic heterocycles. The molecule has 2 aromatic carbocycles. The summed E-state index contributed by atoms with van der Waals surface area (Å²) in [5.41, 5.74) is 0.766. The molecule has 0 bridgehead atoms. The summed E-state index contributed by atoms with van der Waals surface area (Å²) in [4.78, 5) is 24.0. The van der Waals surface area contributed by atoms with E-state index in [1.54, 1.807) is 0 Å². The van der Waals surface area contributed by atoms with Gasteiger partial charge in [-0.2, -0.15) is 0 Å². The lowest BCUT2D eigenvalue weighted by Crippen LogP contribution is -2.20. The number of carbonyl (C=O) groups is 1. The van der Waals surface area contributed by atoms with Gasteiger partial charge in [0.2, 0.25) is 5.91 Å². The largest absolute Gasteiger partial charge is 0.343 e. The van der Waals surface area contributed by atoms with Crippen LogP contribution in [0.1, 0.15) is 5.56 Å². The van der Waals surface area contributed by atoms with Crippen LogP contribution in [-0.2, 0) is 17.8 Å². The van der Waals surface area contributed by atoms with Gasteiger partial charge in [0.05, 0.1) is 11.4 Å². The second-order valence-electron chi connectivity index (χ2n) is 5.66. The zero-order valence-electron chi connectivity index (χ0n) is 14.1. The molecule has 0 saturated carbocycles. The summed E-state index contributed by atoms with van der Waals surface area (Å²) in [5.74, 6) is -1.02. The Hall–Kier alpha value is -2.58. The predicted octanol–water partition coefficient (Wildman–Crippen LogP) is 3.34. The number of halogens is 2. The number of aryl methyl sites for hydroxylation is 1. The summed E-state index contributed by atoms with van der Waals surface area (Å²) in [6, 6.07) is 13.7. The maximum absolute atomic E-state index is 13.7. The van der Waals surface area contributed by atoms with Gasteiger partial charge in [0.15, 0.2) is 5.16 Å². The van der Waals surface area contributed by atoms with Crippen LogP contribution in [0.5, 0.6) is 0 Å². The molecule has 3 rings (SSSR count). The van der Waals surface area contributed by atoms with Crippen LogP contribution in [0.4, 0.5) is 10.1 Å². The van der Waals surface area contributed by atoms with E-state index in [2.05, 4.69) is 15.5 Å². The Morgan fingerprint density at radius 3 is 2.81 bits per heavy atom. The van der Waals surface area contributed by atoms with Crippen LogP contribution >= 0.6 is 23.4 Å². The maximum Gasteiger partial charge on any atom is 0.343 e. The van der Waals surface area contributed by atoms with Crippen LogP contribution in [0.2, 0.25) is 5.02 Å². The Bertz CT molecular complexity index is 991. The molecule has 0 aliphatic carbocycles. The molecule has 1 amide bonds. The maximum atomic E-state index is 13.7. The van der Waals surface area contributed by atoms with E-state index < -0.39 is 11.7 Å². The lowest BCUT2D eigenvalue weighted by atomic mass is 10.1. The van der Waals surface area contributed by atoms with Gasteiger partial charge in [0, 0.05) is 11.6 Å². The summed E-state index contributed by atoms with van der Waals surface area (Å²) < 4.78 is 15.2. The minimum Gasteiger partial charge on any atom is -0.323 e. The molecule has 0 aliphatic rings. The summed E-state index contributed by atoms with van der Waals surface area (Å²) in [7, 11) is 0. The molecule has 0 atom stereocenters. The Balaban J connectivity index is 1.60. The molecule has 2 N–H and O–H groups in total. The molecule has 3 aromatic rings. The molecule has 0 spiro atoms. The van der Waals surface area contributed by atoms with E-state index >= 15 is 0 Å². The van der Waals surface area contributed by atoms with Gasteiger partial charge in [-0.3, -0.25) is 9.36 Å². The topological polar surface area (TPSA) is 79.8 Å². The number of nitrogens with zero attached hydrogens (tertiary/aromatic N) is 2. The smallest absolute Gasteiger partial charge is 0.323 e. The van der Waals surface area contributed by atoms with Crippen molar-refractivity contribution in [2.45, 2.75) is 18.1 Å². The molecule has 1 heterocycles. The Kier molecular flexibility index (Phi) is 6.31. The average Bonchev–Trinajstić information content (AvgIpc) is 3.02. The van der Waals surface area contributed by atoms with E-state index in [0.717, 1.165) is 17.3 Å². The number of aromatic nitrogens is 3. The highest BCUT2D eigenvalue weighted by Crippen LogP contribution is 2.20. The van der Waals surface area contributed by atoms with Gasteiger partial charge in [0.1, 0.15) is 5.82 Å². The van der Waals surface area contributed by atoms with E-state index in [-0.39, 0.29) is 17.1 Å². The molecule has 1 aromatic heterocycles. The van der Waals surface area contributed by atoms with E-state index in [1.165, 1.54) is 22.8 Å². The van der Waals surface area contributed by atoms with E-state index in [1.807, 2.05) is 30.3 Å². The third-order valence-corrected chi connectivity index (χ3v) is 4.94.